The second kappa shape index (κ2) is 7.65. The van der Waals surface area contributed by atoms with Crippen molar-refractivity contribution < 1.29 is 14.4 Å². The van der Waals surface area contributed by atoms with E-state index in [1.165, 1.54) is 19.2 Å². The molecule has 2 aliphatic rings. The van der Waals surface area contributed by atoms with E-state index in [2.05, 4.69) is 20.6 Å². The lowest BCUT2D eigenvalue weighted by atomic mass is 10.1. The zero-order chi connectivity index (χ0) is 18.6. The van der Waals surface area contributed by atoms with Gasteiger partial charge in [-0.15, -0.1) is 0 Å². The molecule has 0 spiro atoms. The molecule has 1 saturated carbocycles. The molecule has 2 heterocycles. The number of nitrogens with one attached hydrogen (secondary N) is 2. The van der Waals surface area contributed by atoms with Crippen molar-refractivity contribution in [3.05, 3.63) is 34.6 Å². The summed E-state index contributed by atoms with van der Waals surface area (Å²) in [6.07, 6.45) is 7.99. The summed E-state index contributed by atoms with van der Waals surface area (Å²) in [7, 11) is 0. The molecule has 9 nitrogen and oxygen atoms in total. The van der Waals surface area contributed by atoms with Crippen molar-refractivity contribution in [2.75, 3.05) is 17.4 Å². The molecule has 0 unspecified atom stereocenters. The first-order valence-electron chi connectivity index (χ1n) is 9.13. The van der Waals surface area contributed by atoms with Gasteiger partial charge in [-0.1, -0.05) is 25.7 Å². The lowest BCUT2D eigenvalue weighted by Crippen LogP contribution is -2.20. The van der Waals surface area contributed by atoms with Gasteiger partial charge in [0, 0.05) is 17.8 Å². The van der Waals surface area contributed by atoms with Gasteiger partial charge < -0.3 is 20.1 Å². The molecule has 1 aliphatic carbocycles. The standard InChI is InChI=1S/C18H21N5O4/c24-23(25)16-17(21-12-5-3-1-2-4-6-12)19-10-20-18(16)22-13-7-8-14-15(9-13)27-11-26-14/h7-10,12H,1-6,11H2,(H2,19,20,21,22). The van der Waals surface area contributed by atoms with Gasteiger partial charge in [-0.25, -0.2) is 9.97 Å². The SMILES string of the molecule is O=[N+]([O-])c1c(Nc2ccc3c(c2)OCO3)ncnc1NC1CCCCCC1. The van der Waals surface area contributed by atoms with Crippen molar-refractivity contribution in [2.45, 2.75) is 44.6 Å². The Hall–Kier alpha value is -3.10. The molecule has 27 heavy (non-hydrogen) atoms. The van der Waals surface area contributed by atoms with Gasteiger partial charge in [0.05, 0.1) is 4.92 Å². The summed E-state index contributed by atoms with van der Waals surface area (Å²) >= 11 is 0. The number of hydrogen-bond acceptors (Lipinski definition) is 8. The predicted molar refractivity (Wildman–Crippen MR) is 99.6 cm³/mol. The fourth-order valence-electron chi connectivity index (χ4n) is 3.48. The minimum atomic E-state index is -0.450. The monoisotopic (exact) mass is 371 g/mol. The van der Waals surface area contributed by atoms with Crippen LogP contribution in [-0.2, 0) is 0 Å². The maximum absolute atomic E-state index is 11.7. The first-order chi connectivity index (χ1) is 13.2. The molecule has 0 saturated heterocycles. The lowest BCUT2D eigenvalue weighted by molar-refractivity contribution is -0.383. The number of aromatic nitrogens is 2. The third-order valence-electron chi connectivity index (χ3n) is 4.84. The smallest absolute Gasteiger partial charge is 0.353 e. The Bertz CT molecular complexity index is 836. The molecule has 1 aromatic heterocycles. The molecule has 0 radical (unpaired) electrons. The number of nitrogens with zero attached hydrogens (tertiary/aromatic N) is 3. The van der Waals surface area contributed by atoms with Crippen LogP contribution in [0.5, 0.6) is 11.5 Å². The van der Waals surface area contributed by atoms with Crippen LogP contribution in [0.25, 0.3) is 0 Å². The zero-order valence-corrected chi connectivity index (χ0v) is 14.8. The number of nitro groups is 1. The molecule has 2 aromatic rings. The summed E-state index contributed by atoms with van der Waals surface area (Å²) in [5.41, 5.74) is 0.473. The highest BCUT2D eigenvalue weighted by Gasteiger charge is 2.26. The highest BCUT2D eigenvalue weighted by molar-refractivity contribution is 5.74. The first kappa shape index (κ1) is 17.3. The van der Waals surface area contributed by atoms with Gasteiger partial charge in [0.25, 0.3) is 0 Å². The van der Waals surface area contributed by atoms with Gasteiger partial charge >= 0.3 is 5.69 Å². The van der Waals surface area contributed by atoms with Gasteiger partial charge in [-0.05, 0) is 25.0 Å². The number of anilines is 3. The fraction of sp³-hybridized carbons (Fsp3) is 0.444. The zero-order valence-electron chi connectivity index (χ0n) is 14.8. The third kappa shape index (κ3) is 3.86. The van der Waals surface area contributed by atoms with Crippen molar-refractivity contribution in [1.29, 1.82) is 0 Å². The van der Waals surface area contributed by atoms with Crippen LogP contribution in [-0.4, -0.2) is 27.7 Å². The van der Waals surface area contributed by atoms with Gasteiger partial charge in [-0.2, -0.15) is 0 Å². The summed E-state index contributed by atoms with van der Waals surface area (Å²) in [5, 5.41) is 18.0. The summed E-state index contributed by atoms with van der Waals surface area (Å²) in [5.74, 6) is 1.64. The molecule has 0 atom stereocenters. The minimum Gasteiger partial charge on any atom is -0.454 e. The molecule has 1 fully saturated rings. The van der Waals surface area contributed by atoms with Gasteiger partial charge in [0.1, 0.15) is 6.33 Å². The Morgan fingerprint density at radius 3 is 2.56 bits per heavy atom. The summed E-state index contributed by atoms with van der Waals surface area (Å²) in [4.78, 5) is 19.5. The number of rotatable bonds is 5. The second-order valence-corrected chi connectivity index (χ2v) is 6.70. The molecular formula is C18H21N5O4. The van der Waals surface area contributed by atoms with Crippen LogP contribution in [0.4, 0.5) is 23.0 Å². The van der Waals surface area contributed by atoms with E-state index in [1.54, 1.807) is 18.2 Å². The molecule has 0 bridgehead atoms. The molecule has 0 amide bonds. The number of fused-ring (bicyclic) bond motifs is 1. The second-order valence-electron chi connectivity index (χ2n) is 6.70. The van der Waals surface area contributed by atoms with E-state index < -0.39 is 4.92 Å². The van der Waals surface area contributed by atoms with E-state index in [1.807, 2.05) is 0 Å². The number of hydrogen-bond donors (Lipinski definition) is 2. The van der Waals surface area contributed by atoms with Crippen molar-refractivity contribution in [3.8, 4) is 11.5 Å². The molecule has 1 aliphatic heterocycles. The molecule has 4 rings (SSSR count). The van der Waals surface area contributed by atoms with E-state index in [-0.39, 0.29) is 30.2 Å². The Kier molecular flexibility index (Phi) is 4.91. The Morgan fingerprint density at radius 1 is 1.04 bits per heavy atom. The molecule has 2 N–H and O–H groups in total. The topological polar surface area (TPSA) is 111 Å². The third-order valence-corrected chi connectivity index (χ3v) is 4.84. The number of ether oxygens (including phenoxy) is 2. The quantitative estimate of drug-likeness (QED) is 0.461. The Morgan fingerprint density at radius 2 is 1.78 bits per heavy atom. The van der Waals surface area contributed by atoms with Crippen LogP contribution in [0.1, 0.15) is 38.5 Å². The maximum Gasteiger partial charge on any atom is 0.353 e. The largest absolute Gasteiger partial charge is 0.454 e. The summed E-state index contributed by atoms with van der Waals surface area (Å²) in [6, 6.07) is 5.44. The first-order valence-corrected chi connectivity index (χ1v) is 9.13. The number of benzene rings is 1. The fourth-order valence-corrected chi connectivity index (χ4v) is 3.48. The highest BCUT2D eigenvalue weighted by Crippen LogP contribution is 2.37. The van der Waals surface area contributed by atoms with E-state index in [0.717, 1.165) is 25.7 Å². The molecule has 142 valence electrons. The van der Waals surface area contributed by atoms with Crippen LogP contribution < -0.4 is 20.1 Å². The summed E-state index contributed by atoms with van der Waals surface area (Å²) < 4.78 is 10.6. The minimum absolute atomic E-state index is 0.144. The average molecular weight is 371 g/mol. The average Bonchev–Trinajstić information content (AvgIpc) is 2.97. The van der Waals surface area contributed by atoms with E-state index in [9.17, 15) is 10.1 Å². The molecule has 9 heteroatoms. The van der Waals surface area contributed by atoms with Crippen molar-refractivity contribution >= 4 is 23.0 Å². The van der Waals surface area contributed by atoms with Crippen LogP contribution in [0.2, 0.25) is 0 Å². The summed E-state index contributed by atoms with van der Waals surface area (Å²) in [6.45, 7) is 0.169. The van der Waals surface area contributed by atoms with Crippen LogP contribution in [0.15, 0.2) is 24.5 Å². The normalized spacial score (nSPS) is 16.6. The Balaban J connectivity index is 1.59. The van der Waals surface area contributed by atoms with Crippen LogP contribution in [0, 0.1) is 10.1 Å². The maximum atomic E-state index is 11.7. The van der Waals surface area contributed by atoms with Crippen molar-refractivity contribution in [2.24, 2.45) is 0 Å². The van der Waals surface area contributed by atoms with Crippen LogP contribution >= 0.6 is 0 Å². The van der Waals surface area contributed by atoms with E-state index >= 15 is 0 Å². The van der Waals surface area contributed by atoms with Gasteiger partial charge in [0.2, 0.25) is 18.4 Å². The van der Waals surface area contributed by atoms with Gasteiger partial charge in [0.15, 0.2) is 11.5 Å². The van der Waals surface area contributed by atoms with Crippen molar-refractivity contribution in [3.63, 3.8) is 0 Å². The predicted octanol–water partition coefficient (Wildman–Crippen LogP) is 3.99. The Labute approximate surface area is 156 Å². The lowest BCUT2D eigenvalue weighted by Gasteiger charge is -2.17. The van der Waals surface area contributed by atoms with Gasteiger partial charge in [-0.3, -0.25) is 10.1 Å². The highest BCUT2D eigenvalue weighted by atomic mass is 16.7. The van der Waals surface area contributed by atoms with E-state index in [0.29, 0.717) is 17.2 Å². The molecule has 1 aromatic carbocycles. The van der Waals surface area contributed by atoms with Crippen LogP contribution in [0.3, 0.4) is 0 Å². The van der Waals surface area contributed by atoms with Crippen molar-refractivity contribution in [1.82, 2.24) is 9.97 Å². The van der Waals surface area contributed by atoms with E-state index in [4.69, 9.17) is 9.47 Å². The molecular weight excluding hydrogens is 350 g/mol.